The molecule has 212 valence electrons. The van der Waals surface area contributed by atoms with E-state index in [0.717, 1.165) is 57.5 Å². The predicted octanol–water partition coefficient (Wildman–Crippen LogP) is 5.61. The van der Waals surface area contributed by atoms with Crippen LogP contribution in [0.5, 0.6) is 0 Å². The van der Waals surface area contributed by atoms with Crippen LogP contribution in [0.4, 0.5) is 0 Å². The van der Waals surface area contributed by atoms with Gasteiger partial charge < -0.3 is 10.2 Å². The Morgan fingerprint density at radius 1 is 1.13 bits per heavy atom. The predicted molar refractivity (Wildman–Crippen MR) is 158 cm³/mol. The fourth-order valence-corrected chi connectivity index (χ4v) is 8.08. The van der Waals surface area contributed by atoms with Crippen LogP contribution in [0.25, 0.3) is 0 Å². The number of nitrogens with zero attached hydrogens (tertiary/aromatic N) is 3. The van der Waals surface area contributed by atoms with E-state index >= 15 is 0 Å². The highest BCUT2D eigenvalue weighted by atomic mass is 16.2. The molecule has 0 spiro atoms. The van der Waals surface area contributed by atoms with Crippen LogP contribution >= 0.6 is 0 Å². The fraction of sp³-hybridized carbons (Fsp3) is 0.788. The molecule has 3 heterocycles. The summed E-state index contributed by atoms with van der Waals surface area (Å²) in [6.07, 6.45) is 17.4. The molecule has 0 aromatic heterocycles. The van der Waals surface area contributed by atoms with Gasteiger partial charge in [0, 0.05) is 62.5 Å². The monoisotopic (exact) mass is 522 g/mol. The van der Waals surface area contributed by atoms with Crippen molar-refractivity contribution >= 4 is 5.91 Å². The van der Waals surface area contributed by atoms with Crippen LogP contribution in [0.2, 0.25) is 0 Å². The van der Waals surface area contributed by atoms with Crippen LogP contribution < -0.4 is 5.32 Å². The molecule has 2 fully saturated rings. The lowest BCUT2D eigenvalue weighted by atomic mass is 9.71. The first kappa shape index (κ1) is 28.1. The van der Waals surface area contributed by atoms with Gasteiger partial charge in [0.2, 0.25) is 5.91 Å². The molecular formula is C33H54N4O. The minimum absolute atomic E-state index is 0.0598. The number of carbonyl (C=O) groups is 1. The first-order valence-electron chi connectivity index (χ1n) is 15.8. The number of carbonyl (C=O) groups excluding carboxylic acids is 1. The molecule has 3 aliphatic heterocycles. The van der Waals surface area contributed by atoms with Gasteiger partial charge in [-0.1, -0.05) is 58.3 Å². The average Bonchev–Trinajstić information content (AvgIpc) is 3.18. The Bertz CT molecular complexity index is 941. The zero-order valence-electron chi connectivity index (χ0n) is 25.0. The number of hydrogen-bond donors (Lipinski definition) is 1. The summed E-state index contributed by atoms with van der Waals surface area (Å²) in [6, 6.07) is 0.814. The van der Waals surface area contributed by atoms with E-state index in [1.165, 1.54) is 50.6 Å². The molecule has 3 atom stereocenters. The maximum absolute atomic E-state index is 14.1. The van der Waals surface area contributed by atoms with Crippen molar-refractivity contribution in [1.29, 1.82) is 0 Å². The molecule has 0 radical (unpaired) electrons. The van der Waals surface area contributed by atoms with Crippen molar-refractivity contribution in [3.05, 3.63) is 35.1 Å². The van der Waals surface area contributed by atoms with E-state index in [1.54, 1.807) is 11.1 Å². The molecule has 5 heteroatoms. The van der Waals surface area contributed by atoms with Gasteiger partial charge in [-0.05, 0) is 74.9 Å². The summed E-state index contributed by atoms with van der Waals surface area (Å²) in [5.74, 6) is 2.62. The molecule has 38 heavy (non-hydrogen) atoms. The van der Waals surface area contributed by atoms with Crippen molar-refractivity contribution in [3.8, 4) is 0 Å². The number of piperazine rings is 1. The highest BCUT2D eigenvalue weighted by Crippen LogP contribution is 2.50. The standard InChI is InChI=1S/C33H54N4O/c1-6-28-17-27(16-26-12-10-24(2)11-13-26)18-30-32(28)33(4,5)23-37(30)31(38)22-36-20-25(3)34-19-29(36)21-35-14-8-7-9-15-35/h7-8,18,24-26,28-29,34H,6,9-17,19-23H2,1-5H3/t24?,25-,26?,28?,29?/m1/s1. The third kappa shape index (κ3) is 6.31. The molecule has 0 bridgehead atoms. The van der Waals surface area contributed by atoms with Crippen molar-refractivity contribution in [2.24, 2.45) is 23.2 Å². The normalized spacial score (nSPS) is 34.4. The van der Waals surface area contributed by atoms with Crippen LogP contribution in [0.1, 0.15) is 86.0 Å². The molecule has 1 saturated heterocycles. The van der Waals surface area contributed by atoms with Gasteiger partial charge >= 0.3 is 0 Å². The van der Waals surface area contributed by atoms with Gasteiger partial charge in [0.25, 0.3) is 0 Å². The van der Waals surface area contributed by atoms with Crippen molar-refractivity contribution in [1.82, 2.24) is 20.0 Å². The lowest BCUT2D eigenvalue weighted by Crippen LogP contribution is -2.60. The number of nitrogens with one attached hydrogen (secondary N) is 1. The van der Waals surface area contributed by atoms with Crippen LogP contribution in [-0.4, -0.2) is 78.5 Å². The number of rotatable bonds is 7. The second kappa shape index (κ2) is 12.0. The summed E-state index contributed by atoms with van der Waals surface area (Å²) >= 11 is 0. The Labute approximate surface area is 232 Å². The Kier molecular flexibility index (Phi) is 8.86. The molecule has 5 nitrogen and oxygen atoms in total. The van der Waals surface area contributed by atoms with Crippen molar-refractivity contribution < 1.29 is 4.79 Å². The zero-order chi connectivity index (χ0) is 26.9. The summed E-state index contributed by atoms with van der Waals surface area (Å²) in [6.45, 7) is 18.3. The summed E-state index contributed by atoms with van der Waals surface area (Å²) in [4.78, 5) is 21.3. The Balaban J connectivity index is 1.32. The second-order valence-corrected chi connectivity index (χ2v) is 14.0. The molecule has 5 rings (SSSR count). The topological polar surface area (TPSA) is 38.8 Å². The highest BCUT2D eigenvalue weighted by Gasteiger charge is 2.44. The first-order chi connectivity index (χ1) is 18.2. The van der Waals surface area contributed by atoms with Gasteiger partial charge in [0.1, 0.15) is 0 Å². The number of allylic oxidation sites excluding steroid dienone is 2. The van der Waals surface area contributed by atoms with E-state index in [2.05, 4.69) is 72.9 Å². The van der Waals surface area contributed by atoms with Crippen molar-refractivity contribution in [2.45, 2.75) is 98.1 Å². The van der Waals surface area contributed by atoms with Crippen molar-refractivity contribution in [2.75, 3.05) is 45.8 Å². The van der Waals surface area contributed by atoms with Crippen molar-refractivity contribution in [3.63, 3.8) is 0 Å². The minimum atomic E-state index is 0.0598. The molecule has 5 aliphatic rings. The van der Waals surface area contributed by atoms with Gasteiger partial charge in [-0.2, -0.15) is 0 Å². The molecule has 1 N–H and O–H groups in total. The summed E-state index contributed by atoms with van der Waals surface area (Å²) in [7, 11) is 0. The fourth-order valence-electron chi connectivity index (χ4n) is 8.08. The smallest absolute Gasteiger partial charge is 0.241 e. The van der Waals surface area contributed by atoms with Crippen LogP contribution in [0.3, 0.4) is 0 Å². The van der Waals surface area contributed by atoms with Gasteiger partial charge in [0.05, 0.1) is 6.54 Å². The lowest BCUT2D eigenvalue weighted by Gasteiger charge is -2.42. The summed E-state index contributed by atoms with van der Waals surface area (Å²) in [5, 5.41) is 3.68. The third-order valence-electron chi connectivity index (χ3n) is 10.3. The largest absolute Gasteiger partial charge is 0.311 e. The number of amides is 1. The second-order valence-electron chi connectivity index (χ2n) is 14.0. The third-order valence-corrected chi connectivity index (χ3v) is 10.3. The maximum Gasteiger partial charge on any atom is 0.241 e. The molecule has 2 aliphatic carbocycles. The summed E-state index contributed by atoms with van der Waals surface area (Å²) < 4.78 is 0. The Hall–Kier alpha value is -1.43. The van der Waals surface area contributed by atoms with E-state index in [4.69, 9.17) is 0 Å². The van der Waals surface area contributed by atoms with Crippen LogP contribution in [0.15, 0.2) is 35.1 Å². The average molecular weight is 523 g/mol. The van der Waals surface area contributed by atoms with Gasteiger partial charge in [-0.25, -0.2) is 0 Å². The molecular weight excluding hydrogens is 468 g/mol. The molecule has 2 unspecified atom stereocenters. The molecule has 1 amide bonds. The quantitative estimate of drug-likeness (QED) is 0.442. The lowest BCUT2D eigenvalue weighted by molar-refractivity contribution is -0.131. The minimum Gasteiger partial charge on any atom is -0.311 e. The Morgan fingerprint density at radius 2 is 1.92 bits per heavy atom. The van der Waals surface area contributed by atoms with Gasteiger partial charge in [-0.3, -0.25) is 14.6 Å². The van der Waals surface area contributed by atoms with E-state index in [1.807, 2.05) is 0 Å². The zero-order valence-corrected chi connectivity index (χ0v) is 25.0. The van der Waals surface area contributed by atoms with E-state index in [-0.39, 0.29) is 5.41 Å². The SMILES string of the molecule is CCC1CC(CC2CCC(C)CC2)=CC2=C1C(C)(C)CN2C(=O)CN1C[C@@H](C)NCC1CN1CC=CCC1. The summed E-state index contributed by atoms with van der Waals surface area (Å²) in [5.41, 5.74) is 4.50. The van der Waals surface area contributed by atoms with E-state index < -0.39 is 0 Å². The molecule has 0 aromatic rings. The van der Waals surface area contributed by atoms with Gasteiger partial charge in [-0.15, -0.1) is 0 Å². The van der Waals surface area contributed by atoms with E-state index in [0.29, 0.717) is 30.5 Å². The number of hydrogen-bond acceptors (Lipinski definition) is 4. The molecule has 0 aromatic carbocycles. The first-order valence-corrected chi connectivity index (χ1v) is 15.8. The Morgan fingerprint density at radius 3 is 2.63 bits per heavy atom. The maximum atomic E-state index is 14.1. The highest BCUT2D eigenvalue weighted by molar-refractivity contribution is 5.82. The van der Waals surface area contributed by atoms with Crippen LogP contribution in [0, 0.1) is 23.2 Å². The van der Waals surface area contributed by atoms with Crippen LogP contribution in [-0.2, 0) is 4.79 Å². The van der Waals surface area contributed by atoms with Gasteiger partial charge in [0.15, 0.2) is 0 Å². The van der Waals surface area contributed by atoms with E-state index in [9.17, 15) is 4.79 Å². The molecule has 1 saturated carbocycles.